The summed E-state index contributed by atoms with van der Waals surface area (Å²) in [4.78, 5) is 14.5. The summed E-state index contributed by atoms with van der Waals surface area (Å²) in [6.07, 6.45) is 0. The molecule has 0 radical (unpaired) electrons. The zero-order chi connectivity index (χ0) is 19.9. The third-order valence-electron chi connectivity index (χ3n) is 3.23. The van der Waals surface area contributed by atoms with Crippen LogP contribution in [0, 0.1) is 0 Å². The average molecular weight is 415 g/mol. The molecule has 0 saturated heterocycles. The van der Waals surface area contributed by atoms with E-state index < -0.39 is 15.9 Å². The first-order chi connectivity index (χ1) is 12.9. The van der Waals surface area contributed by atoms with Crippen molar-refractivity contribution in [3.8, 4) is 17.2 Å². The third-order valence-corrected chi connectivity index (χ3v) is 5.88. The van der Waals surface area contributed by atoms with E-state index in [1.807, 2.05) is 6.92 Å². The second-order valence-corrected chi connectivity index (χ2v) is 7.95. The molecule has 0 atom stereocenters. The summed E-state index contributed by atoms with van der Waals surface area (Å²) < 4.78 is 41.0. The van der Waals surface area contributed by atoms with Gasteiger partial charge in [-0.25, -0.2) is 8.42 Å². The van der Waals surface area contributed by atoms with Crippen LogP contribution < -0.4 is 24.5 Å². The molecular formula is C17H22N2O6S2. The van der Waals surface area contributed by atoms with Crippen LogP contribution in [0.4, 0.5) is 0 Å². The maximum Gasteiger partial charge on any atom is 0.266 e. The molecule has 1 heterocycles. The summed E-state index contributed by atoms with van der Waals surface area (Å²) in [5.74, 6) is 0.435. The van der Waals surface area contributed by atoms with Gasteiger partial charge in [-0.3, -0.25) is 10.2 Å². The van der Waals surface area contributed by atoms with Gasteiger partial charge in [-0.2, -0.15) is 0 Å². The van der Waals surface area contributed by atoms with E-state index in [1.54, 1.807) is 25.3 Å². The van der Waals surface area contributed by atoms with Crippen molar-refractivity contribution in [3.63, 3.8) is 0 Å². The van der Waals surface area contributed by atoms with Crippen LogP contribution in [-0.4, -0.2) is 34.1 Å². The van der Waals surface area contributed by atoms with Gasteiger partial charge >= 0.3 is 0 Å². The Balaban J connectivity index is 2.26. The van der Waals surface area contributed by atoms with Gasteiger partial charge in [0.25, 0.3) is 15.9 Å². The Hall–Kier alpha value is -2.30. The predicted molar refractivity (Wildman–Crippen MR) is 102 cm³/mol. The number of sulfonamides is 1. The van der Waals surface area contributed by atoms with E-state index >= 15 is 0 Å². The maximum atomic E-state index is 12.5. The Morgan fingerprint density at radius 3 is 2.11 bits per heavy atom. The van der Waals surface area contributed by atoms with Gasteiger partial charge in [-0.1, -0.05) is 6.07 Å². The van der Waals surface area contributed by atoms with Gasteiger partial charge in [-0.05, 0) is 44.4 Å². The van der Waals surface area contributed by atoms with E-state index in [4.69, 9.17) is 14.2 Å². The summed E-state index contributed by atoms with van der Waals surface area (Å²) in [6, 6.07) is 6.00. The summed E-state index contributed by atoms with van der Waals surface area (Å²) in [7, 11) is -3.83. The fourth-order valence-electron chi connectivity index (χ4n) is 2.17. The summed E-state index contributed by atoms with van der Waals surface area (Å²) >= 11 is 1.04. The Labute approximate surface area is 162 Å². The van der Waals surface area contributed by atoms with Gasteiger partial charge in [0.15, 0.2) is 11.5 Å². The summed E-state index contributed by atoms with van der Waals surface area (Å²) in [6.45, 7) is 6.55. The molecular weight excluding hydrogens is 392 g/mol. The number of carbonyl (C=O) groups excluding carboxylic acids is 1. The minimum atomic E-state index is -3.83. The third kappa shape index (κ3) is 5.34. The van der Waals surface area contributed by atoms with Crippen molar-refractivity contribution in [2.75, 3.05) is 19.8 Å². The molecule has 0 spiro atoms. The molecule has 0 fully saturated rings. The zero-order valence-electron chi connectivity index (χ0n) is 15.3. The number of amides is 1. The van der Waals surface area contributed by atoms with Crippen LogP contribution in [0.1, 0.15) is 31.1 Å². The predicted octanol–water partition coefficient (Wildman–Crippen LogP) is 2.57. The minimum absolute atomic E-state index is 0.0968. The van der Waals surface area contributed by atoms with Crippen molar-refractivity contribution in [2.45, 2.75) is 25.0 Å². The van der Waals surface area contributed by atoms with Crippen molar-refractivity contribution in [3.05, 3.63) is 35.2 Å². The molecule has 0 aliphatic heterocycles. The molecule has 0 bridgehead atoms. The van der Waals surface area contributed by atoms with Crippen LogP contribution in [0.3, 0.4) is 0 Å². The van der Waals surface area contributed by atoms with E-state index in [1.165, 1.54) is 18.2 Å². The van der Waals surface area contributed by atoms with Crippen LogP contribution in [0.2, 0.25) is 0 Å². The first kappa shape index (κ1) is 21.0. The molecule has 148 valence electrons. The number of hydrogen-bond donors (Lipinski definition) is 2. The van der Waals surface area contributed by atoms with Crippen LogP contribution >= 0.6 is 11.3 Å². The maximum absolute atomic E-state index is 12.5. The lowest BCUT2D eigenvalue weighted by Crippen LogP contribution is -2.41. The molecule has 0 aliphatic rings. The second kappa shape index (κ2) is 9.58. The van der Waals surface area contributed by atoms with Crippen LogP contribution in [0.15, 0.2) is 33.9 Å². The fourth-order valence-corrected chi connectivity index (χ4v) is 4.00. The number of carbonyl (C=O) groups is 1. The van der Waals surface area contributed by atoms with E-state index in [9.17, 15) is 13.2 Å². The van der Waals surface area contributed by atoms with Gasteiger partial charge in [0, 0.05) is 5.56 Å². The van der Waals surface area contributed by atoms with Gasteiger partial charge in [0.2, 0.25) is 5.75 Å². The lowest BCUT2D eigenvalue weighted by Gasteiger charge is -2.17. The molecule has 0 saturated carbocycles. The Kier molecular flexibility index (Phi) is 7.45. The average Bonchev–Trinajstić information content (AvgIpc) is 3.18. The number of thiophene rings is 1. The largest absolute Gasteiger partial charge is 0.490 e. The molecule has 27 heavy (non-hydrogen) atoms. The van der Waals surface area contributed by atoms with E-state index in [2.05, 4.69) is 10.3 Å². The number of rotatable bonds is 10. The lowest BCUT2D eigenvalue weighted by atomic mass is 10.1. The number of ether oxygens (including phenoxy) is 3. The molecule has 0 unspecified atom stereocenters. The molecule has 2 aromatic rings. The SMILES string of the molecule is CCOc1cc(C(=O)NNS(=O)(=O)c2cccs2)cc(OCC)c1OCC. The van der Waals surface area contributed by atoms with E-state index in [0.29, 0.717) is 37.1 Å². The smallest absolute Gasteiger partial charge is 0.266 e. The van der Waals surface area contributed by atoms with Crippen molar-refractivity contribution in [1.82, 2.24) is 10.3 Å². The van der Waals surface area contributed by atoms with E-state index in [0.717, 1.165) is 11.3 Å². The summed E-state index contributed by atoms with van der Waals surface area (Å²) in [5.41, 5.74) is 2.36. The highest BCUT2D eigenvalue weighted by atomic mass is 32.2. The zero-order valence-corrected chi connectivity index (χ0v) is 16.9. The van der Waals surface area contributed by atoms with Crippen LogP contribution in [0.25, 0.3) is 0 Å². The van der Waals surface area contributed by atoms with Gasteiger partial charge in [0.05, 0.1) is 19.8 Å². The van der Waals surface area contributed by atoms with Crippen LogP contribution in [0.5, 0.6) is 17.2 Å². The lowest BCUT2D eigenvalue weighted by molar-refractivity contribution is 0.0944. The molecule has 2 rings (SSSR count). The Morgan fingerprint density at radius 2 is 1.63 bits per heavy atom. The number of hydrogen-bond acceptors (Lipinski definition) is 7. The highest BCUT2D eigenvalue weighted by Crippen LogP contribution is 2.39. The highest BCUT2D eigenvalue weighted by molar-refractivity contribution is 7.91. The van der Waals surface area contributed by atoms with Gasteiger partial charge in [0.1, 0.15) is 4.21 Å². The van der Waals surface area contributed by atoms with Gasteiger partial charge < -0.3 is 14.2 Å². The Morgan fingerprint density at radius 1 is 1.04 bits per heavy atom. The molecule has 0 aliphatic carbocycles. The summed E-state index contributed by atoms with van der Waals surface area (Å²) in [5, 5.41) is 1.63. The molecule has 2 N–H and O–H groups in total. The number of nitrogens with one attached hydrogen (secondary N) is 2. The van der Waals surface area contributed by atoms with Gasteiger partial charge in [-0.15, -0.1) is 16.2 Å². The highest BCUT2D eigenvalue weighted by Gasteiger charge is 2.20. The fraction of sp³-hybridized carbons (Fsp3) is 0.353. The standard InChI is InChI=1S/C17H22N2O6S2/c1-4-23-13-10-12(11-14(24-5-2)16(13)25-6-3)17(20)18-19-27(21,22)15-8-7-9-26-15/h7-11,19H,4-6H2,1-3H3,(H,18,20). The minimum Gasteiger partial charge on any atom is -0.490 e. The van der Waals surface area contributed by atoms with Crippen molar-refractivity contribution < 1.29 is 27.4 Å². The van der Waals surface area contributed by atoms with E-state index in [-0.39, 0.29) is 9.77 Å². The van der Waals surface area contributed by atoms with Crippen molar-refractivity contribution in [1.29, 1.82) is 0 Å². The number of hydrazine groups is 1. The first-order valence-electron chi connectivity index (χ1n) is 8.35. The molecule has 10 heteroatoms. The molecule has 1 aromatic carbocycles. The van der Waals surface area contributed by atoms with Crippen LogP contribution in [-0.2, 0) is 10.0 Å². The number of benzene rings is 1. The van der Waals surface area contributed by atoms with Crippen molar-refractivity contribution >= 4 is 27.3 Å². The monoisotopic (exact) mass is 414 g/mol. The Bertz CT molecular complexity index is 839. The van der Waals surface area contributed by atoms with Crippen molar-refractivity contribution in [2.24, 2.45) is 0 Å². The molecule has 1 aromatic heterocycles. The molecule has 1 amide bonds. The molecule has 8 nitrogen and oxygen atoms in total. The quantitative estimate of drug-likeness (QED) is 0.579. The topological polar surface area (TPSA) is 103 Å². The normalized spacial score (nSPS) is 11.1. The first-order valence-corrected chi connectivity index (χ1v) is 10.7. The second-order valence-electron chi connectivity index (χ2n) is 5.09.